The predicted molar refractivity (Wildman–Crippen MR) is 76.5 cm³/mol. The molecule has 1 unspecified atom stereocenters. The van der Waals surface area contributed by atoms with Crippen molar-refractivity contribution >= 4 is 5.97 Å². The number of rotatable bonds is 14. The standard InChI is InChI=1S/C14H29NO5/c1-3-4-5-17-6-7-18-8-9-19-10-11-20-14(16)13(2)12-15/h13H,3-12,15H2,1-2H3. The molecule has 0 fully saturated rings. The first-order valence-electron chi connectivity index (χ1n) is 7.32. The molecule has 0 amide bonds. The molecular formula is C14H29NO5. The Labute approximate surface area is 121 Å². The SMILES string of the molecule is CCCCOCCOCCOCCOC(=O)C(C)CN. The first-order valence-corrected chi connectivity index (χ1v) is 7.32. The van der Waals surface area contributed by atoms with Crippen LogP contribution < -0.4 is 5.73 Å². The summed E-state index contributed by atoms with van der Waals surface area (Å²) in [6, 6.07) is 0. The first-order chi connectivity index (χ1) is 9.72. The van der Waals surface area contributed by atoms with E-state index in [2.05, 4.69) is 6.92 Å². The number of carbonyl (C=O) groups is 1. The van der Waals surface area contributed by atoms with Crippen LogP contribution in [0, 0.1) is 5.92 Å². The quantitative estimate of drug-likeness (QED) is 0.379. The topological polar surface area (TPSA) is 80.0 Å². The highest BCUT2D eigenvalue weighted by Gasteiger charge is 2.11. The van der Waals surface area contributed by atoms with E-state index >= 15 is 0 Å². The lowest BCUT2D eigenvalue weighted by atomic mass is 10.2. The molecule has 0 rings (SSSR count). The van der Waals surface area contributed by atoms with Gasteiger partial charge in [-0.05, 0) is 6.42 Å². The van der Waals surface area contributed by atoms with Crippen LogP contribution in [-0.4, -0.2) is 58.8 Å². The number of hydrogen-bond donors (Lipinski definition) is 1. The van der Waals surface area contributed by atoms with Crippen LogP contribution in [0.25, 0.3) is 0 Å². The Morgan fingerprint density at radius 3 is 1.95 bits per heavy atom. The maximum absolute atomic E-state index is 11.3. The smallest absolute Gasteiger partial charge is 0.310 e. The lowest BCUT2D eigenvalue weighted by Gasteiger charge is -2.09. The number of nitrogens with two attached hydrogens (primary N) is 1. The minimum atomic E-state index is -0.281. The molecule has 0 aromatic rings. The monoisotopic (exact) mass is 291 g/mol. The van der Waals surface area contributed by atoms with Crippen LogP contribution in [0.2, 0.25) is 0 Å². The Kier molecular flexibility index (Phi) is 14.2. The second-order valence-corrected chi connectivity index (χ2v) is 4.49. The molecule has 0 saturated carbocycles. The lowest BCUT2D eigenvalue weighted by molar-refractivity contribution is -0.149. The number of carbonyl (C=O) groups excluding carboxylic acids is 1. The zero-order valence-electron chi connectivity index (χ0n) is 12.8. The van der Waals surface area contributed by atoms with Crippen molar-refractivity contribution in [2.75, 3.05) is 52.8 Å². The van der Waals surface area contributed by atoms with Gasteiger partial charge in [0.2, 0.25) is 0 Å². The molecule has 0 aromatic carbocycles. The van der Waals surface area contributed by atoms with Crippen molar-refractivity contribution < 1.29 is 23.7 Å². The summed E-state index contributed by atoms with van der Waals surface area (Å²) in [4.78, 5) is 11.3. The Bertz CT molecular complexity index is 226. The third kappa shape index (κ3) is 12.3. The molecule has 6 nitrogen and oxygen atoms in total. The maximum Gasteiger partial charge on any atom is 0.310 e. The third-order valence-electron chi connectivity index (χ3n) is 2.61. The van der Waals surface area contributed by atoms with Crippen molar-refractivity contribution in [3.8, 4) is 0 Å². The van der Waals surface area contributed by atoms with Crippen molar-refractivity contribution in [1.29, 1.82) is 0 Å². The van der Waals surface area contributed by atoms with E-state index in [-0.39, 0.29) is 18.5 Å². The number of esters is 1. The van der Waals surface area contributed by atoms with Gasteiger partial charge in [0.25, 0.3) is 0 Å². The minimum Gasteiger partial charge on any atom is -0.463 e. The highest BCUT2D eigenvalue weighted by atomic mass is 16.6. The molecule has 0 aromatic heterocycles. The normalized spacial score (nSPS) is 12.3. The van der Waals surface area contributed by atoms with Crippen LogP contribution >= 0.6 is 0 Å². The van der Waals surface area contributed by atoms with Crippen molar-refractivity contribution in [3.63, 3.8) is 0 Å². The maximum atomic E-state index is 11.3. The van der Waals surface area contributed by atoms with Crippen molar-refractivity contribution in [3.05, 3.63) is 0 Å². The van der Waals surface area contributed by atoms with Crippen molar-refractivity contribution in [2.24, 2.45) is 11.7 Å². The predicted octanol–water partition coefficient (Wildman–Crippen LogP) is 0.974. The number of hydrogen-bond acceptors (Lipinski definition) is 6. The highest BCUT2D eigenvalue weighted by Crippen LogP contribution is 1.95. The molecule has 0 bridgehead atoms. The summed E-state index contributed by atoms with van der Waals surface area (Å²) in [5, 5.41) is 0. The van der Waals surface area contributed by atoms with Gasteiger partial charge in [-0.25, -0.2) is 0 Å². The van der Waals surface area contributed by atoms with E-state index in [1.54, 1.807) is 6.92 Å². The van der Waals surface area contributed by atoms with Gasteiger partial charge in [0.1, 0.15) is 6.61 Å². The molecule has 2 N–H and O–H groups in total. The first kappa shape index (κ1) is 19.3. The molecule has 0 spiro atoms. The molecule has 20 heavy (non-hydrogen) atoms. The van der Waals surface area contributed by atoms with E-state index in [0.717, 1.165) is 19.4 Å². The minimum absolute atomic E-state index is 0.253. The second kappa shape index (κ2) is 14.7. The van der Waals surface area contributed by atoms with E-state index in [0.29, 0.717) is 39.6 Å². The van der Waals surface area contributed by atoms with Gasteiger partial charge in [0, 0.05) is 13.2 Å². The zero-order chi connectivity index (χ0) is 15.1. The molecule has 0 aliphatic carbocycles. The molecule has 0 heterocycles. The highest BCUT2D eigenvalue weighted by molar-refractivity contribution is 5.72. The van der Waals surface area contributed by atoms with Gasteiger partial charge in [-0.1, -0.05) is 20.3 Å². The summed E-state index contributed by atoms with van der Waals surface area (Å²) in [5.74, 6) is -0.539. The van der Waals surface area contributed by atoms with Crippen LogP contribution in [0.3, 0.4) is 0 Å². The zero-order valence-corrected chi connectivity index (χ0v) is 12.8. The van der Waals surface area contributed by atoms with Crippen LogP contribution in [0.15, 0.2) is 0 Å². The fraction of sp³-hybridized carbons (Fsp3) is 0.929. The average molecular weight is 291 g/mol. The summed E-state index contributed by atoms with van der Waals surface area (Å²) < 4.78 is 20.9. The summed E-state index contributed by atoms with van der Waals surface area (Å²) in [5.41, 5.74) is 5.35. The summed E-state index contributed by atoms with van der Waals surface area (Å²) in [6.07, 6.45) is 2.23. The molecule has 120 valence electrons. The van der Waals surface area contributed by atoms with Crippen LogP contribution in [0.4, 0.5) is 0 Å². The second-order valence-electron chi connectivity index (χ2n) is 4.49. The average Bonchev–Trinajstić information content (AvgIpc) is 2.47. The van der Waals surface area contributed by atoms with Crippen LogP contribution in [-0.2, 0) is 23.7 Å². The Morgan fingerprint density at radius 1 is 0.950 bits per heavy atom. The summed E-state index contributed by atoms with van der Waals surface area (Å²) in [6.45, 7) is 7.79. The fourth-order valence-electron chi connectivity index (χ4n) is 1.23. The Balaban J connectivity index is 3.11. The van der Waals surface area contributed by atoms with E-state index in [1.807, 2.05) is 0 Å². The van der Waals surface area contributed by atoms with Crippen molar-refractivity contribution in [1.82, 2.24) is 0 Å². The third-order valence-corrected chi connectivity index (χ3v) is 2.61. The van der Waals surface area contributed by atoms with Gasteiger partial charge in [0.05, 0.1) is 39.0 Å². The molecule has 0 radical (unpaired) electrons. The van der Waals surface area contributed by atoms with Crippen molar-refractivity contribution in [2.45, 2.75) is 26.7 Å². The summed E-state index contributed by atoms with van der Waals surface area (Å²) in [7, 11) is 0. The molecular weight excluding hydrogens is 262 g/mol. The Hall–Kier alpha value is -0.690. The van der Waals surface area contributed by atoms with E-state index in [4.69, 9.17) is 24.7 Å². The molecule has 0 aliphatic heterocycles. The molecule has 0 saturated heterocycles. The summed E-state index contributed by atoms with van der Waals surface area (Å²) >= 11 is 0. The van der Waals surface area contributed by atoms with Gasteiger partial charge in [-0.2, -0.15) is 0 Å². The van der Waals surface area contributed by atoms with E-state index < -0.39 is 0 Å². The van der Waals surface area contributed by atoms with Gasteiger partial charge >= 0.3 is 5.97 Å². The van der Waals surface area contributed by atoms with Crippen LogP contribution in [0.5, 0.6) is 0 Å². The Morgan fingerprint density at radius 2 is 1.45 bits per heavy atom. The largest absolute Gasteiger partial charge is 0.463 e. The van der Waals surface area contributed by atoms with Gasteiger partial charge in [-0.3, -0.25) is 4.79 Å². The van der Waals surface area contributed by atoms with Gasteiger partial charge < -0.3 is 24.7 Å². The van der Waals surface area contributed by atoms with Crippen LogP contribution in [0.1, 0.15) is 26.7 Å². The number of ether oxygens (including phenoxy) is 4. The van der Waals surface area contributed by atoms with E-state index in [1.165, 1.54) is 0 Å². The van der Waals surface area contributed by atoms with Gasteiger partial charge in [-0.15, -0.1) is 0 Å². The molecule has 6 heteroatoms. The van der Waals surface area contributed by atoms with Gasteiger partial charge in [0.15, 0.2) is 0 Å². The van der Waals surface area contributed by atoms with E-state index in [9.17, 15) is 4.79 Å². The lowest BCUT2D eigenvalue weighted by Crippen LogP contribution is -2.24. The molecule has 1 atom stereocenters. The molecule has 0 aliphatic rings. The fourth-order valence-corrected chi connectivity index (χ4v) is 1.23. The number of unbranched alkanes of at least 4 members (excludes halogenated alkanes) is 1.